The first-order chi connectivity index (χ1) is 7.61. The molecule has 0 aliphatic carbocycles. The smallest absolute Gasteiger partial charge is 0.0709 e. The van der Waals surface area contributed by atoms with Crippen LogP contribution in [-0.4, -0.2) is 4.98 Å². The van der Waals surface area contributed by atoms with Crippen LogP contribution in [-0.2, 0) is 5.88 Å². The largest absolute Gasteiger partial charge is 0.253 e. The van der Waals surface area contributed by atoms with Crippen LogP contribution in [0.15, 0.2) is 28.7 Å². The minimum absolute atomic E-state index is 0.426. The quantitative estimate of drug-likeness (QED) is 0.722. The first-order valence-electron chi connectivity index (χ1n) is 5.27. The Labute approximate surface area is 109 Å². The Bertz CT molecular complexity index is 523. The van der Waals surface area contributed by atoms with E-state index in [1.54, 1.807) is 0 Å². The van der Waals surface area contributed by atoms with Crippen molar-refractivity contribution < 1.29 is 0 Å². The van der Waals surface area contributed by atoms with E-state index in [0.29, 0.717) is 11.8 Å². The molecule has 0 unspecified atom stereocenters. The van der Waals surface area contributed by atoms with E-state index < -0.39 is 0 Å². The van der Waals surface area contributed by atoms with Gasteiger partial charge in [-0.3, -0.25) is 4.98 Å². The fraction of sp³-hybridized carbons (Fsp3) is 0.308. The summed E-state index contributed by atoms with van der Waals surface area (Å²) in [5.41, 5.74) is 3.27. The zero-order valence-corrected chi connectivity index (χ0v) is 11.6. The molecule has 1 aromatic carbocycles. The molecule has 0 spiro atoms. The Balaban J connectivity index is 2.73. The molecule has 2 rings (SSSR count). The summed E-state index contributed by atoms with van der Waals surface area (Å²) in [6.07, 6.45) is 0. The van der Waals surface area contributed by atoms with Crippen LogP contribution in [0.25, 0.3) is 10.9 Å². The summed E-state index contributed by atoms with van der Waals surface area (Å²) in [4.78, 5) is 4.64. The Morgan fingerprint density at radius 1 is 1.31 bits per heavy atom. The third kappa shape index (κ3) is 2.23. The molecular formula is C13H13BrClN. The molecule has 0 radical (unpaired) electrons. The zero-order chi connectivity index (χ0) is 11.7. The summed E-state index contributed by atoms with van der Waals surface area (Å²) in [6.45, 7) is 4.29. The number of hydrogen-bond acceptors (Lipinski definition) is 1. The number of nitrogens with zero attached hydrogens (tertiary/aromatic N) is 1. The normalized spacial score (nSPS) is 11.3. The van der Waals surface area contributed by atoms with Gasteiger partial charge in [-0.05, 0) is 35.7 Å². The Morgan fingerprint density at radius 2 is 2.06 bits per heavy atom. The second-order valence-corrected chi connectivity index (χ2v) is 5.34. The highest BCUT2D eigenvalue weighted by Crippen LogP contribution is 2.26. The van der Waals surface area contributed by atoms with Gasteiger partial charge in [-0.1, -0.05) is 29.8 Å². The average molecular weight is 299 g/mol. The Hall–Kier alpha value is -0.600. The van der Waals surface area contributed by atoms with E-state index in [4.69, 9.17) is 11.6 Å². The second kappa shape index (κ2) is 4.72. The fourth-order valence-electron chi connectivity index (χ4n) is 1.70. The minimum atomic E-state index is 0.426. The third-order valence-electron chi connectivity index (χ3n) is 2.61. The molecule has 1 aromatic heterocycles. The molecular weight excluding hydrogens is 286 g/mol. The van der Waals surface area contributed by atoms with E-state index in [2.05, 4.69) is 46.9 Å². The molecule has 2 aromatic rings. The summed E-state index contributed by atoms with van der Waals surface area (Å²) in [7, 11) is 0. The van der Waals surface area contributed by atoms with E-state index in [-0.39, 0.29) is 0 Å². The molecule has 3 heteroatoms. The van der Waals surface area contributed by atoms with Crippen LogP contribution in [0.2, 0.25) is 0 Å². The summed E-state index contributed by atoms with van der Waals surface area (Å²) in [5, 5.41) is 1.13. The van der Waals surface area contributed by atoms with Gasteiger partial charge in [0.1, 0.15) is 0 Å². The van der Waals surface area contributed by atoms with Gasteiger partial charge in [-0.15, -0.1) is 11.6 Å². The van der Waals surface area contributed by atoms with Crippen LogP contribution in [0.4, 0.5) is 0 Å². The molecule has 84 valence electrons. The van der Waals surface area contributed by atoms with Crippen LogP contribution in [0, 0.1) is 0 Å². The predicted molar refractivity (Wildman–Crippen MR) is 73.1 cm³/mol. The number of hydrogen-bond donors (Lipinski definition) is 0. The van der Waals surface area contributed by atoms with E-state index in [1.807, 2.05) is 12.1 Å². The Morgan fingerprint density at radius 3 is 2.69 bits per heavy atom. The van der Waals surface area contributed by atoms with Gasteiger partial charge in [-0.2, -0.15) is 0 Å². The van der Waals surface area contributed by atoms with Gasteiger partial charge in [-0.25, -0.2) is 0 Å². The molecule has 16 heavy (non-hydrogen) atoms. The highest BCUT2D eigenvalue weighted by molar-refractivity contribution is 9.10. The second-order valence-electron chi connectivity index (χ2n) is 4.16. The van der Waals surface area contributed by atoms with E-state index in [1.165, 1.54) is 0 Å². The van der Waals surface area contributed by atoms with Crippen LogP contribution >= 0.6 is 27.5 Å². The first kappa shape index (κ1) is 11.9. The molecule has 0 N–H and O–H groups in total. The number of benzene rings is 1. The lowest BCUT2D eigenvalue weighted by atomic mass is 10.0. The highest BCUT2D eigenvalue weighted by atomic mass is 79.9. The maximum atomic E-state index is 5.99. The van der Waals surface area contributed by atoms with Crippen molar-refractivity contribution in [2.75, 3.05) is 0 Å². The van der Waals surface area contributed by atoms with Gasteiger partial charge in [0.05, 0.1) is 5.52 Å². The first-order valence-corrected chi connectivity index (χ1v) is 6.59. The fourth-order valence-corrected chi connectivity index (χ4v) is 2.28. The van der Waals surface area contributed by atoms with Crippen molar-refractivity contribution in [2.45, 2.75) is 25.6 Å². The lowest BCUT2D eigenvalue weighted by molar-refractivity contribution is 0.828. The third-order valence-corrected chi connectivity index (χ3v) is 3.39. The van der Waals surface area contributed by atoms with Gasteiger partial charge in [0.25, 0.3) is 0 Å². The molecule has 1 heterocycles. The van der Waals surface area contributed by atoms with Crippen LogP contribution in [0.5, 0.6) is 0 Å². The van der Waals surface area contributed by atoms with Crippen molar-refractivity contribution in [3.05, 3.63) is 40.0 Å². The minimum Gasteiger partial charge on any atom is -0.253 e. The van der Waals surface area contributed by atoms with Gasteiger partial charge in [0.15, 0.2) is 0 Å². The van der Waals surface area contributed by atoms with Crippen molar-refractivity contribution in [3.8, 4) is 0 Å². The lowest BCUT2D eigenvalue weighted by Gasteiger charge is -2.10. The van der Waals surface area contributed by atoms with Crippen LogP contribution < -0.4 is 0 Å². The molecule has 0 fully saturated rings. The maximum Gasteiger partial charge on any atom is 0.0709 e. The average Bonchev–Trinajstić information content (AvgIpc) is 2.27. The summed E-state index contributed by atoms with van der Waals surface area (Å²) < 4.78 is 1.06. The summed E-state index contributed by atoms with van der Waals surface area (Å²) in [6, 6.07) is 8.22. The summed E-state index contributed by atoms with van der Waals surface area (Å²) in [5.74, 6) is 0.949. The zero-order valence-electron chi connectivity index (χ0n) is 9.30. The molecule has 0 aliphatic heterocycles. The van der Waals surface area contributed by atoms with Crippen LogP contribution in [0.3, 0.4) is 0 Å². The monoisotopic (exact) mass is 297 g/mol. The predicted octanol–water partition coefficient (Wildman–Crippen LogP) is 4.86. The van der Waals surface area contributed by atoms with E-state index >= 15 is 0 Å². The number of halogens is 2. The molecule has 0 saturated heterocycles. The van der Waals surface area contributed by atoms with Gasteiger partial charge in [0.2, 0.25) is 0 Å². The number of alkyl halides is 1. The van der Waals surface area contributed by atoms with Gasteiger partial charge in [0, 0.05) is 21.4 Å². The number of pyridine rings is 1. The van der Waals surface area contributed by atoms with E-state index in [0.717, 1.165) is 26.6 Å². The molecule has 0 aliphatic rings. The van der Waals surface area contributed by atoms with Crippen molar-refractivity contribution in [1.82, 2.24) is 4.98 Å². The van der Waals surface area contributed by atoms with Crippen molar-refractivity contribution in [1.29, 1.82) is 0 Å². The summed E-state index contributed by atoms with van der Waals surface area (Å²) >= 11 is 9.46. The highest BCUT2D eigenvalue weighted by Gasteiger charge is 2.08. The number of fused-ring (bicyclic) bond motifs is 1. The SMILES string of the molecule is CC(C)c1cc(CCl)c2cc(Br)ccc2n1. The molecule has 0 atom stereocenters. The van der Waals surface area contributed by atoms with Gasteiger partial charge < -0.3 is 0 Å². The van der Waals surface area contributed by atoms with Crippen molar-refractivity contribution in [2.24, 2.45) is 0 Å². The van der Waals surface area contributed by atoms with Crippen molar-refractivity contribution >= 4 is 38.4 Å². The number of rotatable bonds is 2. The standard InChI is InChI=1S/C13H13BrClN/c1-8(2)13-5-9(7-15)11-6-10(14)3-4-12(11)16-13/h3-6,8H,7H2,1-2H3. The van der Waals surface area contributed by atoms with Gasteiger partial charge >= 0.3 is 0 Å². The topological polar surface area (TPSA) is 12.9 Å². The van der Waals surface area contributed by atoms with Crippen LogP contribution in [0.1, 0.15) is 31.0 Å². The Kier molecular flexibility index (Phi) is 3.50. The maximum absolute atomic E-state index is 5.99. The molecule has 0 saturated carbocycles. The van der Waals surface area contributed by atoms with Crippen molar-refractivity contribution in [3.63, 3.8) is 0 Å². The lowest BCUT2D eigenvalue weighted by Crippen LogP contribution is -1.96. The molecule has 0 amide bonds. The molecule has 0 bridgehead atoms. The molecule has 1 nitrogen and oxygen atoms in total. The number of aromatic nitrogens is 1. The van der Waals surface area contributed by atoms with E-state index in [9.17, 15) is 0 Å².